The van der Waals surface area contributed by atoms with Crippen LogP contribution in [0.3, 0.4) is 0 Å². The molecule has 0 bridgehead atoms. The number of amides is 1. The quantitative estimate of drug-likeness (QED) is 0.303. The van der Waals surface area contributed by atoms with Crippen molar-refractivity contribution in [2.45, 2.75) is 33.2 Å². The highest BCUT2D eigenvalue weighted by atomic mass is 35.5. The van der Waals surface area contributed by atoms with Gasteiger partial charge in [0.2, 0.25) is 0 Å². The Labute approximate surface area is 208 Å². The Balaban J connectivity index is 1.93. The molecule has 4 rings (SSSR count). The van der Waals surface area contributed by atoms with Gasteiger partial charge in [0.25, 0.3) is 11.5 Å². The molecule has 0 saturated heterocycles. The smallest absolute Gasteiger partial charge is 0.266 e. The fourth-order valence-corrected chi connectivity index (χ4v) is 4.50. The summed E-state index contributed by atoms with van der Waals surface area (Å²) in [5, 5.41) is 1.66. The van der Waals surface area contributed by atoms with Crippen LogP contribution in [0.25, 0.3) is 16.6 Å². The van der Waals surface area contributed by atoms with Crippen LogP contribution in [0.1, 0.15) is 48.1 Å². The molecule has 4 aromatic rings. The van der Waals surface area contributed by atoms with Crippen molar-refractivity contribution in [3.63, 3.8) is 0 Å². The third-order valence-corrected chi connectivity index (χ3v) is 6.35. The zero-order chi connectivity index (χ0) is 24.4. The topological polar surface area (TPSA) is 55.2 Å². The lowest BCUT2D eigenvalue weighted by Crippen LogP contribution is -2.38. The molecule has 0 radical (unpaired) electrons. The van der Waals surface area contributed by atoms with Crippen LogP contribution in [0.15, 0.2) is 71.5 Å². The van der Waals surface area contributed by atoms with Gasteiger partial charge in [-0.1, -0.05) is 42.3 Å². The number of hydrogen-bond donors (Lipinski definition) is 0. The van der Waals surface area contributed by atoms with Crippen molar-refractivity contribution in [2.75, 3.05) is 6.54 Å². The first-order valence-corrected chi connectivity index (χ1v) is 11.9. The first-order chi connectivity index (χ1) is 16.3. The van der Waals surface area contributed by atoms with Gasteiger partial charge < -0.3 is 4.90 Å². The Morgan fingerprint density at radius 2 is 1.71 bits per heavy atom. The molecule has 1 atom stereocenters. The predicted molar refractivity (Wildman–Crippen MR) is 138 cm³/mol. The second-order valence-corrected chi connectivity index (χ2v) is 9.11. The third kappa shape index (κ3) is 4.59. The number of carbonyl (C=O) groups is 1. The molecule has 3 aromatic carbocycles. The molecule has 0 fully saturated rings. The van der Waals surface area contributed by atoms with Crippen LogP contribution < -0.4 is 5.56 Å². The van der Waals surface area contributed by atoms with E-state index in [1.165, 1.54) is 0 Å². The summed E-state index contributed by atoms with van der Waals surface area (Å²) in [7, 11) is 0. The summed E-state index contributed by atoms with van der Waals surface area (Å²) in [5.74, 6) is 0.345. The lowest BCUT2D eigenvalue weighted by molar-refractivity contribution is 0.0681. The maximum absolute atomic E-state index is 13.7. The van der Waals surface area contributed by atoms with E-state index in [9.17, 15) is 9.59 Å². The number of hydrogen-bond acceptors (Lipinski definition) is 3. The van der Waals surface area contributed by atoms with E-state index in [-0.39, 0.29) is 11.5 Å². The van der Waals surface area contributed by atoms with Crippen LogP contribution in [0.4, 0.5) is 0 Å². The molecular formula is C27H25Cl2N3O2. The van der Waals surface area contributed by atoms with E-state index in [1.54, 1.807) is 45.9 Å². The Hall–Kier alpha value is -3.15. The minimum absolute atomic E-state index is 0.146. The number of para-hydroxylation sites is 1. The first-order valence-electron chi connectivity index (χ1n) is 11.2. The first kappa shape index (κ1) is 24.0. The van der Waals surface area contributed by atoms with Gasteiger partial charge >= 0.3 is 0 Å². The summed E-state index contributed by atoms with van der Waals surface area (Å²) in [6.07, 6.45) is 0.751. The van der Waals surface area contributed by atoms with E-state index >= 15 is 0 Å². The molecule has 1 amide bonds. The van der Waals surface area contributed by atoms with Gasteiger partial charge in [-0.15, -0.1) is 0 Å². The largest absolute Gasteiger partial charge is 0.329 e. The molecule has 174 valence electrons. The van der Waals surface area contributed by atoms with Gasteiger partial charge in [0.05, 0.1) is 22.6 Å². The highest BCUT2D eigenvalue weighted by Crippen LogP contribution is 2.27. The summed E-state index contributed by atoms with van der Waals surface area (Å²) in [4.78, 5) is 33.9. The number of halogens is 2. The zero-order valence-electron chi connectivity index (χ0n) is 19.3. The van der Waals surface area contributed by atoms with Crippen molar-refractivity contribution in [2.24, 2.45) is 0 Å². The average molecular weight is 494 g/mol. The molecule has 34 heavy (non-hydrogen) atoms. The number of carbonyl (C=O) groups excluding carboxylic acids is 1. The van der Waals surface area contributed by atoms with E-state index in [0.29, 0.717) is 44.6 Å². The van der Waals surface area contributed by atoms with E-state index in [0.717, 1.165) is 12.0 Å². The van der Waals surface area contributed by atoms with Crippen molar-refractivity contribution < 1.29 is 4.79 Å². The van der Waals surface area contributed by atoms with Crippen LogP contribution in [-0.4, -0.2) is 26.9 Å². The second-order valence-electron chi connectivity index (χ2n) is 8.24. The maximum atomic E-state index is 13.7. The van der Waals surface area contributed by atoms with Crippen molar-refractivity contribution in [3.05, 3.63) is 104 Å². The highest BCUT2D eigenvalue weighted by molar-refractivity contribution is 6.31. The monoisotopic (exact) mass is 493 g/mol. The standard InChI is InChI=1S/C27H25Cl2N3O2/c1-4-15-31(26(33)19-9-11-20(28)12-10-19)18(3)25-30-23-8-6-5-7-22(23)27(34)32(25)24-14-13-21(29)16-17(24)2/h5-14,16,18H,4,15H2,1-3H3. The molecule has 0 spiro atoms. The third-order valence-electron chi connectivity index (χ3n) is 5.86. The molecule has 0 saturated carbocycles. The Kier molecular flexibility index (Phi) is 7.05. The van der Waals surface area contributed by atoms with Crippen LogP contribution >= 0.6 is 23.2 Å². The van der Waals surface area contributed by atoms with Gasteiger partial charge in [-0.3, -0.25) is 14.2 Å². The molecule has 1 heterocycles. The number of aryl methyl sites for hydroxylation is 1. The van der Waals surface area contributed by atoms with E-state index in [2.05, 4.69) is 0 Å². The number of rotatable bonds is 6. The lowest BCUT2D eigenvalue weighted by Gasteiger charge is -2.30. The average Bonchev–Trinajstić information content (AvgIpc) is 2.83. The number of benzene rings is 3. The Morgan fingerprint density at radius 3 is 2.38 bits per heavy atom. The lowest BCUT2D eigenvalue weighted by atomic mass is 10.1. The van der Waals surface area contributed by atoms with Crippen LogP contribution in [0.5, 0.6) is 0 Å². The molecule has 7 heteroatoms. The van der Waals surface area contributed by atoms with Crippen molar-refractivity contribution in [1.82, 2.24) is 14.5 Å². The van der Waals surface area contributed by atoms with Gasteiger partial charge in [-0.05, 0) is 80.4 Å². The van der Waals surface area contributed by atoms with Crippen molar-refractivity contribution >= 4 is 40.0 Å². The molecule has 1 unspecified atom stereocenters. The van der Waals surface area contributed by atoms with Crippen LogP contribution in [0.2, 0.25) is 10.0 Å². The summed E-state index contributed by atoms with van der Waals surface area (Å²) in [6.45, 7) is 6.33. The van der Waals surface area contributed by atoms with Gasteiger partial charge in [0.1, 0.15) is 5.82 Å². The molecule has 0 aliphatic rings. The second kappa shape index (κ2) is 10.00. The summed E-state index contributed by atoms with van der Waals surface area (Å²) in [6, 6.07) is 19.0. The highest BCUT2D eigenvalue weighted by Gasteiger charge is 2.27. The fraction of sp³-hybridized carbons (Fsp3) is 0.222. The molecular weight excluding hydrogens is 469 g/mol. The minimum Gasteiger partial charge on any atom is -0.329 e. The van der Waals surface area contributed by atoms with Gasteiger partial charge in [0, 0.05) is 22.2 Å². The Morgan fingerprint density at radius 1 is 1.03 bits per heavy atom. The number of aromatic nitrogens is 2. The zero-order valence-corrected chi connectivity index (χ0v) is 20.8. The van der Waals surface area contributed by atoms with Crippen LogP contribution in [-0.2, 0) is 0 Å². The summed E-state index contributed by atoms with van der Waals surface area (Å²) < 4.78 is 1.61. The number of nitrogens with zero attached hydrogens (tertiary/aromatic N) is 3. The maximum Gasteiger partial charge on any atom is 0.266 e. The molecule has 0 aliphatic heterocycles. The molecule has 1 aromatic heterocycles. The fourth-order valence-electron chi connectivity index (χ4n) is 4.14. The van der Waals surface area contributed by atoms with E-state index in [1.807, 2.05) is 51.1 Å². The number of fused-ring (bicyclic) bond motifs is 1. The van der Waals surface area contributed by atoms with Crippen molar-refractivity contribution in [3.8, 4) is 5.69 Å². The minimum atomic E-state index is -0.476. The van der Waals surface area contributed by atoms with Gasteiger partial charge in [0.15, 0.2) is 0 Å². The van der Waals surface area contributed by atoms with Crippen molar-refractivity contribution in [1.29, 1.82) is 0 Å². The SMILES string of the molecule is CCCN(C(=O)c1ccc(Cl)cc1)C(C)c1nc2ccccc2c(=O)n1-c1ccc(Cl)cc1C. The van der Waals surface area contributed by atoms with Crippen LogP contribution in [0, 0.1) is 6.92 Å². The molecule has 0 N–H and O–H groups in total. The summed E-state index contributed by atoms with van der Waals surface area (Å²) in [5.41, 5.74) is 2.46. The van der Waals surface area contributed by atoms with E-state index < -0.39 is 6.04 Å². The molecule has 0 aliphatic carbocycles. The van der Waals surface area contributed by atoms with Gasteiger partial charge in [-0.25, -0.2) is 4.98 Å². The summed E-state index contributed by atoms with van der Waals surface area (Å²) >= 11 is 12.2. The molecule has 5 nitrogen and oxygen atoms in total. The normalized spacial score (nSPS) is 12.0. The predicted octanol–water partition coefficient (Wildman–Crippen LogP) is 6.61. The Bertz CT molecular complexity index is 1410. The van der Waals surface area contributed by atoms with E-state index in [4.69, 9.17) is 28.2 Å². The van der Waals surface area contributed by atoms with Gasteiger partial charge in [-0.2, -0.15) is 0 Å².